The molecule has 23 heavy (non-hydrogen) atoms. The summed E-state index contributed by atoms with van der Waals surface area (Å²) in [5, 5.41) is 0.741. The number of piperidine rings is 1. The van der Waals surface area contributed by atoms with E-state index in [4.69, 9.17) is 11.6 Å². The highest BCUT2D eigenvalue weighted by Gasteiger charge is 2.21. The summed E-state index contributed by atoms with van der Waals surface area (Å²) < 4.78 is 2.01. The summed E-state index contributed by atoms with van der Waals surface area (Å²) in [6.07, 6.45) is 6.45. The van der Waals surface area contributed by atoms with E-state index in [0.29, 0.717) is 5.92 Å². The Labute approximate surface area is 141 Å². The van der Waals surface area contributed by atoms with Gasteiger partial charge >= 0.3 is 0 Å². The maximum absolute atomic E-state index is 6.04. The molecule has 118 valence electrons. The molecule has 1 aliphatic heterocycles. The van der Waals surface area contributed by atoms with Gasteiger partial charge in [-0.05, 0) is 49.5 Å². The van der Waals surface area contributed by atoms with E-state index in [1.165, 1.54) is 18.4 Å². The highest BCUT2D eigenvalue weighted by molar-refractivity contribution is 6.30. The first-order chi connectivity index (χ1) is 11.3. The van der Waals surface area contributed by atoms with Gasteiger partial charge in [0.15, 0.2) is 0 Å². The van der Waals surface area contributed by atoms with Crippen LogP contribution in [0.2, 0.25) is 5.02 Å². The molecule has 0 amide bonds. The summed E-state index contributed by atoms with van der Waals surface area (Å²) in [5.41, 5.74) is 3.56. The minimum atomic E-state index is 0.701. The van der Waals surface area contributed by atoms with Gasteiger partial charge in [0.05, 0.1) is 10.7 Å². The van der Waals surface area contributed by atoms with Gasteiger partial charge in [0.25, 0.3) is 0 Å². The Morgan fingerprint density at radius 1 is 1.00 bits per heavy atom. The molecule has 0 radical (unpaired) electrons. The molecule has 1 fully saturated rings. The van der Waals surface area contributed by atoms with Gasteiger partial charge in [-0.3, -0.25) is 4.90 Å². The standard InChI is InChI=1S/C19H20ClN3/c20-17-6-7-19-21-18(14-23(19)12-17)13-22-10-8-16(9-11-22)15-4-2-1-3-5-15/h1-7,12,14,16H,8-11,13H2. The van der Waals surface area contributed by atoms with Gasteiger partial charge in [-0.25, -0.2) is 4.98 Å². The van der Waals surface area contributed by atoms with Gasteiger partial charge in [-0.1, -0.05) is 41.9 Å². The Kier molecular flexibility index (Phi) is 4.06. The lowest BCUT2D eigenvalue weighted by molar-refractivity contribution is 0.203. The third kappa shape index (κ3) is 3.26. The molecule has 1 saturated heterocycles. The van der Waals surface area contributed by atoms with Crippen molar-refractivity contribution in [1.82, 2.24) is 14.3 Å². The smallest absolute Gasteiger partial charge is 0.137 e. The Morgan fingerprint density at radius 3 is 2.57 bits per heavy atom. The lowest BCUT2D eigenvalue weighted by Crippen LogP contribution is -2.32. The number of fused-ring (bicyclic) bond motifs is 1. The second-order valence-corrected chi connectivity index (χ2v) is 6.74. The van der Waals surface area contributed by atoms with Crippen LogP contribution in [0.3, 0.4) is 0 Å². The van der Waals surface area contributed by atoms with Crippen molar-refractivity contribution in [3.63, 3.8) is 0 Å². The molecular formula is C19H20ClN3. The Bertz CT molecular complexity index is 789. The van der Waals surface area contributed by atoms with Crippen molar-refractivity contribution in [2.75, 3.05) is 13.1 Å². The van der Waals surface area contributed by atoms with E-state index in [2.05, 4.69) is 46.4 Å². The summed E-state index contributed by atoms with van der Waals surface area (Å²) in [7, 11) is 0. The molecule has 1 aliphatic rings. The van der Waals surface area contributed by atoms with Crippen molar-refractivity contribution in [3.8, 4) is 0 Å². The van der Waals surface area contributed by atoms with Crippen molar-refractivity contribution < 1.29 is 0 Å². The third-order valence-electron chi connectivity index (χ3n) is 4.71. The number of halogens is 1. The van der Waals surface area contributed by atoms with Crippen molar-refractivity contribution in [2.45, 2.75) is 25.3 Å². The quantitative estimate of drug-likeness (QED) is 0.713. The average Bonchev–Trinajstić information content (AvgIpc) is 2.97. The predicted octanol–water partition coefficient (Wildman–Crippen LogP) is 4.37. The molecule has 4 heteroatoms. The van der Waals surface area contributed by atoms with E-state index in [1.807, 2.05) is 22.7 Å². The number of hydrogen-bond acceptors (Lipinski definition) is 2. The SMILES string of the molecule is Clc1ccc2nc(CN3CCC(c4ccccc4)CC3)cn2c1. The molecule has 0 atom stereocenters. The molecule has 0 aliphatic carbocycles. The van der Waals surface area contributed by atoms with Crippen LogP contribution in [0.1, 0.15) is 30.0 Å². The van der Waals surface area contributed by atoms with Crippen LogP contribution in [0.5, 0.6) is 0 Å². The van der Waals surface area contributed by atoms with Gasteiger partial charge in [-0.2, -0.15) is 0 Å². The zero-order valence-electron chi connectivity index (χ0n) is 13.0. The summed E-state index contributed by atoms with van der Waals surface area (Å²) in [6.45, 7) is 3.18. The zero-order chi connectivity index (χ0) is 15.6. The van der Waals surface area contributed by atoms with Crippen molar-refractivity contribution >= 4 is 17.2 Å². The third-order valence-corrected chi connectivity index (χ3v) is 4.93. The van der Waals surface area contributed by atoms with Crippen LogP contribution < -0.4 is 0 Å². The molecule has 2 aromatic heterocycles. The number of rotatable bonds is 3. The fourth-order valence-corrected chi connectivity index (χ4v) is 3.64. The molecular weight excluding hydrogens is 306 g/mol. The first kappa shape index (κ1) is 14.7. The predicted molar refractivity (Wildman–Crippen MR) is 93.9 cm³/mol. The number of aromatic nitrogens is 2. The average molecular weight is 326 g/mol. The second-order valence-electron chi connectivity index (χ2n) is 6.31. The molecule has 3 aromatic rings. The van der Waals surface area contributed by atoms with Gasteiger partial charge in [0.2, 0.25) is 0 Å². The summed E-state index contributed by atoms with van der Waals surface area (Å²) >= 11 is 6.04. The molecule has 3 heterocycles. The number of imidazole rings is 1. The summed E-state index contributed by atoms with van der Waals surface area (Å²) in [5.74, 6) is 0.701. The number of likely N-dealkylation sites (tertiary alicyclic amines) is 1. The number of pyridine rings is 1. The monoisotopic (exact) mass is 325 g/mol. The molecule has 1 aromatic carbocycles. The van der Waals surface area contributed by atoms with E-state index in [0.717, 1.165) is 36.0 Å². The minimum Gasteiger partial charge on any atom is -0.305 e. The maximum atomic E-state index is 6.04. The van der Waals surface area contributed by atoms with Gasteiger partial charge in [-0.15, -0.1) is 0 Å². The minimum absolute atomic E-state index is 0.701. The van der Waals surface area contributed by atoms with Crippen LogP contribution in [0.4, 0.5) is 0 Å². The van der Waals surface area contributed by atoms with Crippen molar-refractivity contribution in [3.05, 3.63) is 71.1 Å². The van der Waals surface area contributed by atoms with Gasteiger partial charge in [0, 0.05) is 18.9 Å². The number of benzene rings is 1. The largest absolute Gasteiger partial charge is 0.305 e. The van der Waals surface area contributed by atoms with Crippen LogP contribution in [-0.4, -0.2) is 27.4 Å². The van der Waals surface area contributed by atoms with E-state index in [-0.39, 0.29) is 0 Å². The van der Waals surface area contributed by atoms with Crippen LogP contribution in [0, 0.1) is 0 Å². The fraction of sp³-hybridized carbons (Fsp3) is 0.316. The van der Waals surface area contributed by atoms with Crippen LogP contribution in [-0.2, 0) is 6.54 Å². The lowest BCUT2D eigenvalue weighted by Gasteiger charge is -2.31. The topological polar surface area (TPSA) is 20.5 Å². The van der Waals surface area contributed by atoms with Crippen LogP contribution in [0.25, 0.3) is 5.65 Å². The van der Waals surface area contributed by atoms with E-state index < -0.39 is 0 Å². The molecule has 0 spiro atoms. The number of nitrogens with zero attached hydrogens (tertiary/aromatic N) is 3. The molecule has 0 unspecified atom stereocenters. The first-order valence-corrected chi connectivity index (χ1v) is 8.56. The molecule has 3 nitrogen and oxygen atoms in total. The molecule has 4 rings (SSSR count). The van der Waals surface area contributed by atoms with E-state index in [9.17, 15) is 0 Å². The van der Waals surface area contributed by atoms with Gasteiger partial charge < -0.3 is 4.40 Å². The second kappa shape index (κ2) is 6.34. The van der Waals surface area contributed by atoms with Crippen LogP contribution >= 0.6 is 11.6 Å². The lowest BCUT2D eigenvalue weighted by atomic mass is 9.89. The van der Waals surface area contributed by atoms with E-state index >= 15 is 0 Å². The molecule has 0 saturated carbocycles. The van der Waals surface area contributed by atoms with Crippen LogP contribution in [0.15, 0.2) is 54.9 Å². The van der Waals surface area contributed by atoms with Gasteiger partial charge in [0.1, 0.15) is 5.65 Å². The first-order valence-electron chi connectivity index (χ1n) is 8.18. The highest BCUT2D eigenvalue weighted by Crippen LogP contribution is 2.28. The fourth-order valence-electron chi connectivity index (χ4n) is 3.47. The highest BCUT2D eigenvalue weighted by atomic mass is 35.5. The Balaban J connectivity index is 1.40. The zero-order valence-corrected chi connectivity index (χ0v) is 13.8. The maximum Gasteiger partial charge on any atom is 0.137 e. The molecule has 0 bridgehead atoms. The van der Waals surface area contributed by atoms with E-state index in [1.54, 1.807) is 0 Å². The normalized spacial score (nSPS) is 16.9. The molecule has 0 N–H and O–H groups in total. The van der Waals surface area contributed by atoms with Crippen molar-refractivity contribution in [2.24, 2.45) is 0 Å². The van der Waals surface area contributed by atoms with Crippen molar-refractivity contribution in [1.29, 1.82) is 0 Å². The Morgan fingerprint density at radius 2 is 1.78 bits per heavy atom. The summed E-state index contributed by atoms with van der Waals surface area (Å²) in [6, 6.07) is 14.7. The Hall–Kier alpha value is -1.84. The number of hydrogen-bond donors (Lipinski definition) is 0. The summed E-state index contributed by atoms with van der Waals surface area (Å²) in [4.78, 5) is 7.19.